The molecule has 0 unspecified atom stereocenters. The van der Waals surface area contributed by atoms with Gasteiger partial charge in [-0.1, -0.05) is 48.0 Å². The highest BCUT2D eigenvalue weighted by atomic mass is 35.5. The average Bonchev–Trinajstić information content (AvgIpc) is 3.38. The number of amides is 2. The Balaban J connectivity index is 1.40. The summed E-state index contributed by atoms with van der Waals surface area (Å²) in [6.07, 6.45) is 5.61. The number of nitrogens with zero attached hydrogens (tertiary/aromatic N) is 4. The minimum Gasteiger partial charge on any atom is -0.347 e. The van der Waals surface area contributed by atoms with Crippen molar-refractivity contribution in [2.75, 3.05) is 10.2 Å². The first kappa shape index (κ1) is 21.0. The van der Waals surface area contributed by atoms with E-state index in [0.29, 0.717) is 30.2 Å². The number of rotatable bonds is 3. The molecule has 1 saturated heterocycles. The fourth-order valence-corrected chi connectivity index (χ4v) is 5.26. The van der Waals surface area contributed by atoms with Gasteiger partial charge in [-0.3, -0.25) is 9.59 Å². The van der Waals surface area contributed by atoms with Gasteiger partial charge in [0, 0.05) is 5.02 Å². The number of anilines is 2. The van der Waals surface area contributed by atoms with Crippen LogP contribution in [0.5, 0.6) is 0 Å². The molecule has 3 aliphatic rings. The third-order valence-corrected chi connectivity index (χ3v) is 7.16. The van der Waals surface area contributed by atoms with Crippen LogP contribution in [0.3, 0.4) is 0 Å². The molecule has 34 heavy (non-hydrogen) atoms. The van der Waals surface area contributed by atoms with Gasteiger partial charge in [-0.05, 0) is 54.7 Å². The van der Waals surface area contributed by atoms with E-state index >= 15 is 0 Å². The van der Waals surface area contributed by atoms with E-state index in [9.17, 15) is 14.0 Å². The number of halogens is 2. The Bertz CT molecular complexity index is 1280. The predicted molar refractivity (Wildman–Crippen MR) is 125 cm³/mol. The van der Waals surface area contributed by atoms with Crippen molar-refractivity contribution >= 4 is 35.3 Å². The van der Waals surface area contributed by atoms with Gasteiger partial charge < -0.3 is 5.32 Å². The molecule has 2 amide bonds. The van der Waals surface area contributed by atoms with Crippen LogP contribution in [0, 0.1) is 17.7 Å². The number of imide groups is 1. The summed E-state index contributed by atoms with van der Waals surface area (Å²) >= 11 is 6.07. The van der Waals surface area contributed by atoms with Gasteiger partial charge in [0.15, 0.2) is 0 Å². The van der Waals surface area contributed by atoms with Crippen LogP contribution in [-0.2, 0) is 9.59 Å². The van der Waals surface area contributed by atoms with Crippen molar-refractivity contribution in [3.8, 4) is 0 Å². The molecule has 1 fully saturated rings. The van der Waals surface area contributed by atoms with Crippen molar-refractivity contribution < 1.29 is 14.0 Å². The van der Waals surface area contributed by atoms with Gasteiger partial charge in [-0.15, -0.1) is 5.10 Å². The van der Waals surface area contributed by atoms with Crippen molar-refractivity contribution in [1.29, 1.82) is 0 Å². The Hall–Kier alpha value is -3.52. The number of fused-ring (bicyclic) bond motifs is 2. The molecule has 172 valence electrons. The van der Waals surface area contributed by atoms with E-state index in [0.717, 1.165) is 16.0 Å². The summed E-state index contributed by atoms with van der Waals surface area (Å²) in [5.74, 6) is -1.03. The molecule has 0 bridgehead atoms. The summed E-state index contributed by atoms with van der Waals surface area (Å²) in [5, 5.41) is 8.64. The molecule has 1 aromatic heterocycles. The Morgan fingerprint density at radius 1 is 0.912 bits per heavy atom. The van der Waals surface area contributed by atoms with Crippen molar-refractivity contribution in [1.82, 2.24) is 14.8 Å². The molecule has 6 rings (SSSR count). The second-order valence-corrected chi connectivity index (χ2v) is 9.34. The summed E-state index contributed by atoms with van der Waals surface area (Å²) in [6.45, 7) is 0. The van der Waals surface area contributed by atoms with Crippen LogP contribution in [0.1, 0.15) is 42.5 Å². The fraction of sp³-hybridized carbons (Fsp3) is 0.280. The van der Waals surface area contributed by atoms with E-state index < -0.39 is 0 Å². The number of carbonyl (C=O) groups excluding carboxylic acids is 2. The van der Waals surface area contributed by atoms with Gasteiger partial charge in [-0.25, -0.2) is 14.0 Å². The number of aromatic nitrogens is 3. The zero-order valence-corrected chi connectivity index (χ0v) is 18.8. The summed E-state index contributed by atoms with van der Waals surface area (Å²) in [4.78, 5) is 31.9. The number of allylic oxidation sites excluding steroid dienone is 2. The first-order valence-corrected chi connectivity index (χ1v) is 11.6. The third-order valence-electron chi connectivity index (χ3n) is 6.91. The number of carbonyl (C=O) groups is 2. The molecule has 2 aliphatic heterocycles. The first-order valence-electron chi connectivity index (χ1n) is 11.3. The molecule has 3 heterocycles. The number of benzene rings is 2. The monoisotopic (exact) mass is 477 g/mol. The number of nitrogens with one attached hydrogen (secondary N) is 1. The smallest absolute Gasteiger partial charge is 0.260 e. The first-order chi connectivity index (χ1) is 16.5. The Kier molecular flexibility index (Phi) is 4.99. The van der Waals surface area contributed by atoms with Gasteiger partial charge >= 0.3 is 0 Å². The number of hydrogen-bond donors (Lipinski definition) is 1. The number of hydrogen-bond acceptors (Lipinski definition) is 5. The minimum atomic E-state index is -0.360. The molecule has 1 aliphatic carbocycles. The Morgan fingerprint density at radius 2 is 1.53 bits per heavy atom. The topological polar surface area (TPSA) is 80.1 Å². The second-order valence-electron chi connectivity index (χ2n) is 8.90. The maximum absolute atomic E-state index is 13.6. The lowest BCUT2D eigenvalue weighted by Gasteiger charge is -2.31. The molecular formula is C25H21ClFN5O2. The summed E-state index contributed by atoms with van der Waals surface area (Å²) in [5.41, 5.74) is 1.87. The van der Waals surface area contributed by atoms with Crippen molar-refractivity contribution in [2.45, 2.75) is 31.3 Å². The largest absolute Gasteiger partial charge is 0.347 e. The molecule has 0 radical (unpaired) electrons. The average molecular weight is 478 g/mol. The van der Waals surface area contributed by atoms with Crippen molar-refractivity contribution in [2.24, 2.45) is 11.8 Å². The highest BCUT2D eigenvalue weighted by Crippen LogP contribution is 2.41. The van der Waals surface area contributed by atoms with Crippen LogP contribution in [0.15, 0.2) is 60.7 Å². The fourth-order valence-electron chi connectivity index (χ4n) is 5.13. The normalized spacial score (nSPS) is 25.8. The zero-order valence-electron chi connectivity index (χ0n) is 18.1. The molecule has 3 aromatic rings. The molecule has 0 saturated carbocycles. The van der Waals surface area contributed by atoms with Crippen molar-refractivity contribution in [3.05, 3.63) is 82.6 Å². The molecule has 2 aromatic carbocycles. The summed E-state index contributed by atoms with van der Waals surface area (Å²) in [7, 11) is 0. The van der Waals surface area contributed by atoms with Crippen molar-refractivity contribution in [3.63, 3.8) is 0 Å². The molecule has 9 heteroatoms. The standard InChI is InChI=1S/C25H21ClFN5O2/c26-16-9-5-14(6-10-16)20-13-21(15-7-11-17(27)12-8-15)32-24(28-20)29-25(30-32)31-22(33)18-3-1-2-4-19(18)23(31)34/h1-2,5-12,18-21H,3-4,13H2,(H,28,29,30)/t18-,19+,20-,21-/m1/s1. The molecule has 7 nitrogen and oxygen atoms in total. The zero-order chi connectivity index (χ0) is 23.4. The molecule has 0 spiro atoms. The van der Waals surface area contributed by atoms with Gasteiger partial charge in [0.2, 0.25) is 17.8 Å². The summed E-state index contributed by atoms with van der Waals surface area (Å²) < 4.78 is 15.3. The van der Waals surface area contributed by atoms with Crippen LogP contribution in [-0.4, -0.2) is 26.6 Å². The van der Waals surface area contributed by atoms with Crippen LogP contribution in [0.25, 0.3) is 0 Å². The highest BCUT2D eigenvalue weighted by Gasteiger charge is 2.49. The van der Waals surface area contributed by atoms with E-state index in [1.807, 2.05) is 36.4 Å². The van der Waals surface area contributed by atoms with Gasteiger partial charge in [0.25, 0.3) is 5.95 Å². The van der Waals surface area contributed by atoms with E-state index in [4.69, 9.17) is 11.6 Å². The van der Waals surface area contributed by atoms with E-state index in [2.05, 4.69) is 15.4 Å². The molecular weight excluding hydrogens is 457 g/mol. The highest BCUT2D eigenvalue weighted by molar-refractivity contribution is 6.30. The van der Waals surface area contributed by atoms with Crippen LogP contribution in [0.4, 0.5) is 16.3 Å². The maximum atomic E-state index is 13.6. The quantitative estimate of drug-likeness (QED) is 0.438. The predicted octanol–water partition coefficient (Wildman–Crippen LogP) is 4.67. The second kappa shape index (κ2) is 8.06. The molecule has 4 atom stereocenters. The van der Waals surface area contributed by atoms with Gasteiger partial charge in [0.05, 0.1) is 23.9 Å². The molecule has 1 N–H and O–H groups in total. The van der Waals surface area contributed by atoms with Crippen LogP contribution < -0.4 is 10.2 Å². The van der Waals surface area contributed by atoms with E-state index in [1.165, 1.54) is 12.1 Å². The SMILES string of the molecule is O=C1[C@H]2CC=CC[C@H]2C(=O)N1c1nc2n(n1)[C@@H](c1ccc(F)cc1)C[C@H](c1ccc(Cl)cc1)N2. The van der Waals surface area contributed by atoms with Gasteiger partial charge in [-0.2, -0.15) is 4.98 Å². The summed E-state index contributed by atoms with van der Waals surface area (Å²) in [6, 6.07) is 13.4. The lowest BCUT2D eigenvalue weighted by atomic mass is 9.85. The van der Waals surface area contributed by atoms with E-state index in [-0.39, 0.29) is 47.5 Å². The Labute approximate surface area is 200 Å². The minimum absolute atomic E-state index is 0.0794. The third kappa shape index (κ3) is 3.40. The van der Waals surface area contributed by atoms with Crippen LogP contribution in [0.2, 0.25) is 5.02 Å². The van der Waals surface area contributed by atoms with E-state index in [1.54, 1.807) is 16.8 Å². The van der Waals surface area contributed by atoms with Gasteiger partial charge in [0.1, 0.15) is 5.82 Å². The lowest BCUT2D eigenvalue weighted by molar-refractivity contribution is -0.122. The van der Waals surface area contributed by atoms with Crippen LogP contribution >= 0.6 is 11.6 Å². The Morgan fingerprint density at radius 3 is 2.18 bits per heavy atom. The maximum Gasteiger partial charge on any atom is 0.260 e. The lowest BCUT2D eigenvalue weighted by Crippen LogP contribution is -2.32.